The van der Waals surface area contributed by atoms with E-state index >= 15 is 0 Å². The number of carbonyl (C=O) groups excluding carboxylic acids is 3. The number of hydrogen-bond donors (Lipinski definition) is 4. The van der Waals surface area contributed by atoms with Crippen LogP contribution in [0, 0.1) is 11.8 Å². The summed E-state index contributed by atoms with van der Waals surface area (Å²) in [7, 11) is 0. The summed E-state index contributed by atoms with van der Waals surface area (Å²) in [6.45, 7) is 3.45. The molecule has 3 fully saturated rings. The van der Waals surface area contributed by atoms with Crippen molar-refractivity contribution in [3.63, 3.8) is 0 Å². The van der Waals surface area contributed by atoms with Gasteiger partial charge in [-0.15, -0.1) is 11.8 Å². The van der Waals surface area contributed by atoms with Crippen LogP contribution in [-0.4, -0.2) is 47.2 Å². The Morgan fingerprint density at radius 2 is 1.85 bits per heavy atom. The molecule has 0 aromatic heterocycles. The largest absolute Gasteiger partial charge is 0.447 e. The highest BCUT2D eigenvalue weighted by Crippen LogP contribution is 2.33. The summed E-state index contributed by atoms with van der Waals surface area (Å²) in [6.07, 6.45) is 2.22. The Morgan fingerprint density at radius 3 is 2.62 bits per heavy atom. The number of imide groups is 1. The lowest BCUT2D eigenvalue weighted by Gasteiger charge is -2.31. The van der Waals surface area contributed by atoms with Gasteiger partial charge in [-0.1, -0.05) is 0 Å². The number of amides is 3. The molecule has 3 amide bonds. The molecule has 8 nitrogen and oxygen atoms in total. The van der Waals surface area contributed by atoms with Gasteiger partial charge >= 0.3 is 6.09 Å². The second kappa shape index (κ2) is 8.81. The molecule has 0 spiro atoms. The minimum atomic E-state index is -0.734. The number of thioether (sulfide) groups is 1. The molecule has 2 saturated heterocycles. The van der Waals surface area contributed by atoms with E-state index < -0.39 is 12.0 Å². The summed E-state index contributed by atoms with van der Waals surface area (Å²) in [6, 6.07) is 0.737. The van der Waals surface area contributed by atoms with Crippen molar-refractivity contribution in [1.29, 1.82) is 0 Å². The van der Waals surface area contributed by atoms with E-state index in [0.717, 1.165) is 25.0 Å². The van der Waals surface area contributed by atoms with Gasteiger partial charge in [0.1, 0.15) is 0 Å². The molecule has 26 heavy (non-hydrogen) atoms. The zero-order chi connectivity index (χ0) is 18.7. The summed E-state index contributed by atoms with van der Waals surface area (Å²) < 4.78 is 11.6. The second-order valence-electron chi connectivity index (χ2n) is 7.20. The van der Waals surface area contributed by atoms with Gasteiger partial charge in [-0.05, 0) is 45.3 Å². The predicted molar refractivity (Wildman–Crippen MR) is 101 cm³/mol. The summed E-state index contributed by atoms with van der Waals surface area (Å²) >= 11 is 3.06. The molecule has 5 unspecified atom stereocenters. The fourth-order valence-electron chi connectivity index (χ4n) is 3.56. The highest BCUT2D eigenvalue weighted by Gasteiger charge is 2.40. The number of rotatable bonds is 4. The van der Waals surface area contributed by atoms with E-state index in [4.69, 9.17) is 4.74 Å². The van der Waals surface area contributed by atoms with Gasteiger partial charge in [-0.3, -0.25) is 14.9 Å². The van der Waals surface area contributed by atoms with Crippen LogP contribution in [0.2, 0.25) is 0 Å². The first kappa shape index (κ1) is 19.8. The smallest absolute Gasteiger partial charge is 0.414 e. The van der Waals surface area contributed by atoms with Gasteiger partial charge < -0.3 is 10.1 Å². The SMILES string of the molecule is CC(C)OC(=O)NC(=O)C1CCSC1NC(=O)C1CCC2NSNC2C1. The van der Waals surface area contributed by atoms with Gasteiger partial charge in [0.15, 0.2) is 0 Å². The summed E-state index contributed by atoms with van der Waals surface area (Å²) in [5.41, 5.74) is 0. The van der Waals surface area contributed by atoms with Gasteiger partial charge in [-0.2, -0.15) is 0 Å². The number of ether oxygens (including phenoxy) is 1. The molecule has 5 atom stereocenters. The lowest BCUT2D eigenvalue weighted by atomic mass is 9.82. The van der Waals surface area contributed by atoms with E-state index in [1.165, 1.54) is 12.1 Å². The normalized spacial score (nSPS) is 33.6. The molecule has 1 aliphatic carbocycles. The lowest BCUT2D eigenvalue weighted by molar-refractivity contribution is -0.128. The van der Waals surface area contributed by atoms with Crippen molar-refractivity contribution in [1.82, 2.24) is 20.1 Å². The Morgan fingerprint density at radius 1 is 1.08 bits per heavy atom. The van der Waals surface area contributed by atoms with Crippen LogP contribution in [0.25, 0.3) is 0 Å². The summed E-state index contributed by atoms with van der Waals surface area (Å²) in [5.74, 6) is -0.0570. The molecule has 4 N–H and O–H groups in total. The molecule has 10 heteroatoms. The molecular weight excluding hydrogens is 376 g/mol. The molecule has 0 radical (unpaired) electrons. The lowest BCUT2D eigenvalue weighted by Crippen LogP contribution is -2.49. The van der Waals surface area contributed by atoms with Crippen LogP contribution in [0.5, 0.6) is 0 Å². The van der Waals surface area contributed by atoms with Gasteiger partial charge in [0, 0.05) is 30.1 Å². The zero-order valence-electron chi connectivity index (χ0n) is 14.9. The fraction of sp³-hybridized carbons (Fsp3) is 0.812. The molecular formula is C16H26N4O4S2. The molecule has 2 heterocycles. The fourth-order valence-corrected chi connectivity index (χ4v) is 5.81. The van der Waals surface area contributed by atoms with Crippen molar-refractivity contribution < 1.29 is 19.1 Å². The molecule has 146 valence electrons. The summed E-state index contributed by atoms with van der Waals surface area (Å²) in [4.78, 5) is 36.7. The van der Waals surface area contributed by atoms with Crippen LogP contribution in [0.3, 0.4) is 0 Å². The number of nitrogens with one attached hydrogen (secondary N) is 4. The predicted octanol–water partition coefficient (Wildman–Crippen LogP) is 1.14. The summed E-state index contributed by atoms with van der Waals surface area (Å²) in [5, 5.41) is 5.01. The molecule has 3 rings (SSSR count). The van der Waals surface area contributed by atoms with Crippen molar-refractivity contribution in [3.05, 3.63) is 0 Å². The van der Waals surface area contributed by atoms with E-state index in [0.29, 0.717) is 18.5 Å². The van der Waals surface area contributed by atoms with E-state index in [1.807, 2.05) is 0 Å². The minimum Gasteiger partial charge on any atom is -0.447 e. The minimum absolute atomic E-state index is 0.00380. The third-order valence-electron chi connectivity index (χ3n) is 4.92. The van der Waals surface area contributed by atoms with Gasteiger partial charge in [0.05, 0.1) is 17.4 Å². The van der Waals surface area contributed by atoms with Crippen LogP contribution in [0.15, 0.2) is 0 Å². The quantitative estimate of drug-likeness (QED) is 0.519. The second-order valence-corrected chi connectivity index (χ2v) is 9.12. The van der Waals surface area contributed by atoms with Crippen molar-refractivity contribution in [2.24, 2.45) is 11.8 Å². The number of alkyl carbamates (subject to hydrolysis) is 1. The van der Waals surface area contributed by atoms with Crippen molar-refractivity contribution in [2.45, 2.75) is 63.1 Å². The van der Waals surface area contributed by atoms with Crippen molar-refractivity contribution in [3.8, 4) is 0 Å². The number of fused-ring (bicyclic) bond motifs is 1. The Kier molecular flexibility index (Phi) is 6.70. The Hall–Kier alpha value is -0.970. The molecule has 1 saturated carbocycles. The van der Waals surface area contributed by atoms with Crippen molar-refractivity contribution in [2.75, 3.05) is 5.75 Å². The molecule has 2 aliphatic heterocycles. The number of carbonyl (C=O) groups is 3. The van der Waals surface area contributed by atoms with Gasteiger partial charge in [0.25, 0.3) is 0 Å². The Balaban J connectivity index is 1.50. The standard InChI is InChI=1S/C16H26N4O4S2/c1-8(2)24-16(23)18-14(22)10-5-6-25-15(10)17-13(21)9-3-4-11-12(7-9)20-26-19-11/h8-12,15,19-20H,3-7H2,1-2H3,(H,17,21)(H,18,22,23). The highest BCUT2D eigenvalue weighted by atomic mass is 32.2. The van der Waals surface area contributed by atoms with Crippen LogP contribution in [-0.2, 0) is 14.3 Å². The molecule has 0 bridgehead atoms. The van der Waals surface area contributed by atoms with Gasteiger partial charge in [-0.25, -0.2) is 14.2 Å². The highest BCUT2D eigenvalue weighted by molar-refractivity contribution is 8.00. The first-order chi connectivity index (χ1) is 12.4. The average molecular weight is 403 g/mol. The first-order valence-electron chi connectivity index (χ1n) is 9.04. The third-order valence-corrected chi connectivity index (χ3v) is 7.04. The first-order valence-corrected chi connectivity index (χ1v) is 10.9. The topological polar surface area (TPSA) is 109 Å². The van der Waals surface area contributed by atoms with E-state index in [2.05, 4.69) is 20.1 Å². The maximum absolute atomic E-state index is 12.7. The Labute approximate surface area is 162 Å². The van der Waals surface area contributed by atoms with Crippen LogP contribution < -0.4 is 20.1 Å². The van der Waals surface area contributed by atoms with E-state index in [-0.39, 0.29) is 29.2 Å². The van der Waals surface area contributed by atoms with Crippen LogP contribution in [0.1, 0.15) is 39.5 Å². The third kappa shape index (κ3) is 4.85. The van der Waals surface area contributed by atoms with Crippen molar-refractivity contribution >= 4 is 41.8 Å². The van der Waals surface area contributed by atoms with Crippen LogP contribution >= 0.6 is 23.9 Å². The van der Waals surface area contributed by atoms with E-state index in [1.54, 1.807) is 25.6 Å². The molecule has 3 aliphatic rings. The molecule has 0 aromatic carbocycles. The van der Waals surface area contributed by atoms with Crippen LogP contribution in [0.4, 0.5) is 4.79 Å². The zero-order valence-corrected chi connectivity index (χ0v) is 16.6. The average Bonchev–Trinajstić information content (AvgIpc) is 3.21. The maximum atomic E-state index is 12.7. The maximum Gasteiger partial charge on any atom is 0.414 e. The van der Waals surface area contributed by atoms with Gasteiger partial charge in [0.2, 0.25) is 11.8 Å². The number of hydrogen-bond acceptors (Lipinski definition) is 8. The van der Waals surface area contributed by atoms with E-state index in [9.17, 15) is 14.4 Å². The Bertz CT molecular complexity index is 562. The monoisotopic (exact) mass is 402 g/mol. The molecule has 0 aromatic rings.